The highest BCUT2D eigenvalue weighted by Crippen LogP contribution is 2.38. The lowest BCUT2D eigenvalue weighted by molar-refractivity contribution is 0.536. The third kappa shape index (κ3) is 1.42. The van der Waals surface area contributed by atoms with Crippen molar-refractivity contribution in [3.05, 3.63) is 42.4 Å². The molecule has 86 valence electrons. The summed E-state index contributed by atoms with van der Waals surface area (Å²) < 4.78 is 2.06. The molecule has 1 saturated heterocycles. The van der Waals surface area contributed by atoms with Gasteiger partial charge in [-0.15, -0.1) is 0 Å². The van der Waals surface area contributed by atoms with Gasteiger partial charge in [0.15, 0.2) is 0 Å². The lowest BCUT2D eigenvalue weighted by Crippen LogP contribution is -2.09. The van der Waals surface area contributed by atoms with Crippen molar-refractivity contribution in [2.24, 2.45) is 11.8 Å². The van der Waals surface area contributed by atoms with Crippen LogP contribution in [0.25, 0.3) is 11.2 Å². The molecule has 3 nitrogen and oxygen atoms in total. The van der Waals surface area contributed by atoms with Crippen LogP contribution < -0.4 is 5.32 Å². The van der Waals surface area contributed by atoms with Gasteiger partial charge in [-0.3, -0.25) is 0 Å². The molecule has 1 aliphatic carbocycles. The van der Waals surface area contributed by atoms with E-state index in [1.54, 1.807) is 0 Å². The third-order valence-corrected chi connectivity index (χ3v) is 4.06. The summed E-state index contributed by atoms with van der Waals surface area (Å²) in [6.45, 7) is 2.33. The van der Waals surface area contributed by atoms with Crippen LogP contribution in [-0.2, 0) is 0 Å². The lowest BCUT2D eigenvalue weighted by Gasteiger charge is -2.06. The summed E-state index contributed by atoms with van der Waals surface area (Å²) in [5.74, 6) is 1.57. The minimum absolute atomic E-state index is 0.751. The highest BCUT2D eigenvalue weighted by Gasteiger charge is 2.31. The van der Waals surface area contributed by atoms with E-state index in [1.165, 1.54) is 24.1 Å². The lowest BCUT2D eigenvalue weighted by atomic mass is 9.99. The molecule has 2 atom stereocenters. The van der Waals surface area contributed by atoms with Crippen molar-refractivity contribution < 1.29 is 0 Å². The van der Waals surface area contributed by atoms with Gasteiger partial charge in [0.2, 0.25) is 0 Å². The predicted octanol–water partition coefficient (Wildman–Crippen LogP) is 1.96. The number of hydrogen-bond acceptors (Lipinski definition) is 2. The van der Waals surface area contributed by atoms with Crippen LogP contribution in [0.3, 0.4) is 0 Å². The van der Waals surface area contributed by atoms with Crippen LogP contribution in [0.15, 0.2) is 36.8 Å². The minimum Gasteiger partial charge on any atom is -0.316 e. The highest BCUT2D eigenvalue weighted by molar-refractivity contribution is 5.70. The fourth-order valence-corrected chi connectivity index (χ4v) is 3.10. The summed E-state index contributed by atoms with van der Waals surface area (Å²) in [4.78, 5) is 4.35. The normalized spacial score (nSPS) is 27.4. The number of imidazole rings is 1. The Kier molecular flexibility index (Phi) is 1.91. The first-order valence-corrected chi connectivity index (χ1v) is 6.25. The van der Waals surface area contributed by atoms with Crippen molar-refractivity contribution >= 4 is 11.2 Å². The average molecular weight is 225 g/mol. The molecule has 0 unspecified atom stereocenters. The zero-order chi connectivity index (χ0) is 11.2. The molecule has 3 heterocycles. The third-order valence-electron chi connectivity index (χ3n) is 4.06. The maximum atomic E-state index is 4.35. The van der Waals surface area contributed by atoms with E-state index in [0.29, 0.717) is 0 Å². The molecular weight excluding hydrogens is 210 g/mol. The van der Waals surface area contributed by atoms with E-state index in [-0.39, 0.29) is 0 Å². The maximum Gasteiger partial charge on any atom is 0.137 e. The Morgan fingerprint density at radius 1 is 1.29 bits per heavy atom. The first-order chi connectivity index (χ1) is 8.40. The Labute approximate surface area is 100 Å². The Bertz CT molecular complexity index is 596. The second-order valence-electron chi connectivity index (χ2n) is 5.09. The number of fused-ring (bicyclic) bond motifs is 2. The minimum atomic E-state index is 0.751. The molecule has 17 heavy (non-hydrogen) atoms. The smallest absolute Gasteiger partial charge is 0.137 e. The molecular formula is C14H15N3. The van der Waals surface area contributed by atoms with Crippen LogP contribution in [0.4, 0.5) is 0 Å². The topological polar surface area (TPSA) is 29.3 Å². The SMILES string of the molecule is C1=C(c2ccn3ccnc3c2)C[C@@H]2CNC[C@H]12. The molecule has 0 bridgehead atoms. The van der Waals surface area contributed by atoms with E-state index in [1.807, 2.05) is 12.4 Å². The zero-order valence-corrected chi connectivity index (χ0v) is 9.63. The van der Waals surface area contributed by atoms with E-state index < -0.39 is 0 Å². The highest BCUT2D eigenvalue weighted by atomic mass is 15.0. The van der Waals surface area contributed by atoms with Gasteiger partial charge in [-0.2, -0.15) is 0 Å². The van der Waals surface area contributed by atoms with Gasteiger partial charge in [0.25, 0.3) is 0 Å². The Hall–Kier alpha value is -1.61. The number of hydrogen-bond donors (Lipinski definition) is 1. The molecule has 1 N–H and O–H groups in total. The van der Waals surface area contributed by atoms with Gasteiger partial charge in [-0.1, -0.05) is 6.08 Å². The van der Waals surface area contributed by atoms with E-state index in [2.05, 4.69) is 39.1 Å². The number of aromatic nitrogens is 2. The first kappa shape index (κ1) is 9.42. The standard InChI is InChI=1S/C14H15N3/c1-3-17-4-2-16-14(17)7-10(1)11-5-12-8-15-9-13(12)6-11/h1-5,7,12-13,15H,6,8-9H2/t12-,13+/m0/s1. The summed E-state index contributed by atoms with van der Waals surface area (Å²) in [5.41, 5.74) is 3.89. The summed E-state index contributed by atoms with van der Waals surface area (Å²) in [5, 5.41) is 3.46. The quantitative estimate of drug-likeness (QED) is 0.804. The average Bonchev–Trinajstić information content (AvgIpc) is 3.02. The molecule has 2 aromatic heterocycles. The summed E-state index contributed by atoms with van der Waals surface area (Å²) in [7, 11) is 0. The molecule has 0 radical (unpaired) electrons. The second kappa shape index (κ2) is 3.44. The van der Waals surface area contributed by atoms with Gasteiger partial charge in [0.1, 0.15) is 5.65 Å². The second-order valence-corrected chi connectivity index (χ2v) is 5.09. The number of allylic oxidation sites excluding steroid dienone is 1. The van der Waals surface area contributed by atoms with Gasteiger partial charge < -0.3 is 9.72 Å². The van der Waals surface area contributed by atoms with Crippen LogP contribution >= 0.6 is 0 Å². The van der Waals surface area contributed by atoms with E-state index in [0.717, 1.165) is 24.0 Å². The molecule has 0 amide bonds. The molecule has 2 aromatic rings. The van der Waals surface area contributed by atoms with Gasteiger partial charge in [-0.25, -0.2) is 4.98 Å². The Morgan fingerprint density at radius 3 is 3.24 bits per heavy atom. The van der Waals surface area contributed by atoms with E-state index >= 15 is 0 Å². The molecule has 1 fully saturated rings. The maximum absolute atomic E-state index is 4.35. The molecule has 3 heteroatoms. The number of pyridine rings is 1. The fraction of sp³-hybridized carbons (Fsp3) is 0.357. The molecule has 4 rings (SSSR count). The molecule has 0 spiro atoms. The summed E-state index contributed by atoms with van der Waals surface area (Å²) in [6.07, 6.45) is 9.61. The molecule has 0 saturated carbocycles. The number of nitrogens with zero attached hydrogens (tertiary/aromatic N) is 2. The van der Waals surface area contributed by atoms with Crippen molar-refractivity contribution in [1.82, 2.24) is 14.7 Å². The van der Waals surface area contributed by atoms with Gasteiger partial charge in [-0.05, 0) is 48.1 Å². The Balaban J connectivity index is 1.74. The van der Waals surface area contributed by atoms with Crippen LogP contribution in [0.2, 0.25) is 0 Å². The van der Waals surface area contributed by atoms with Gasteiger partial charge in [0.05, 0.1) is 0 Å². The van der Waals surface area contributed by atoms with Gasteiger partial charge in [0, 0.05) is 25.1 Å². The van der Waals surface area contributed by atoms with Crippen molar-refractivity contribution in [1.29, 1.82) is 0 Å². The van der Waals surface area contributed by atoms with E-state index in [9.17, 15) is 0 Å². The number of nitrogens with one attached hydrogen (secondary N) is 1. The van der Waals surface area contributed by atoms with Crippen LogP contribution in [-0.4, -0.2) is 22.5 Å². The Morgan fingerprint density at radius 2 is 2.29 bits per heavy atom. The van der Waals surface area contributed by atoms with E-state index in [4.69, 9.17) is 0 Å². The van der Waals surface area contributed by atoms with Crippen LogP contribution in [0.1, 0.15) is 12.0 Å². The molecule has 0 aromatic carbocycles. The van der Waals surface area contributed by atoms with Crippen molar-refractivity contribution in [2.75, 3.05) is 13.1 Å². The monoisotopic (exact) mass is 225 g/mol. The van der Waals surface area contributed by atoms with Crippen LogP contribution in [0, 0.1) is 11.8 Å². The molecule has 1 aliphatic heterocycles. The van der Waals surface area contributed by atoms with Crippen LogP contribution in [0.5, 0.6) is 0 Å². The van der Waals surface area contributed by atoms with Crippen molar-refractivity contribution in [3.63, 3.8) is 0 Å². The molecule has 2 aliphatic rings. The fourth-order valence-electron chi connectivity index (χ4n) is 3.10. The zero-order valence-electron chi connectivity index (χ0n) is 9.63. The largest absolute Gasteiger partial charge is 0.316 e. The summed E-state index contributed by atoms with van der Waals surface area (Å²) >= 11 is 0. The first-order valence-electron chi connectivity index (χ1n) is 6.25. The van der Waals surface area contributed by atoms with Crippen molar-refractivity contribution in [2.45, 2.75) is 6.42 Å². The predicted molar refractivity (Wildman–Crippen MR) is 67.6 cm³/mol. The summed E-state index contributed by atoms with van der Waals surface area (Å²) in [6, 6.07) is 4.40. The number of rotatable bonds is 1. The van der Waals surface area contributed by atoms with Gasteiger partial charge >= 0.3 is 0 Å². The van der Waals surface area contributed by atoms with Crippen molar-refractivity contribution in [3.8, 4) is 0 Å².